The van der Waals surface area contributed by atoms with Crippen LogP contribution in [0.4, 0.5) is 0 Å². The zero-order valence-corrected chi connectivity index (χ0v) is 8.02. The summed E-state index contributed by atoms with van der Waals surface area (Å²) >= 11 is 0. The molecule has 0 aromatic carbocycles. The van der Waals surface area contributed by atoms with Gasteiger partial charge in [-0.05, 0) is 0 Å². The molecule has 0 aromatic heterocycles. The van der Waals surface area contributed by atoms with Crippen LogP contribution in [0.2, 0.25) is 0 Å². The number of carbonyl (C=O) groups is 2. The van der Waals surface area contributed by atoms with Crippen molar-refractivity contribution in [2.24, 2.45) is 0 Å². The van der Waals surface area contributed by atoms with Gasteiger partial charge in [0.15, 0.2) is 6.10 Å². The van der Waals surface area contributed by atoms with E-state index in [2.05, 4.69) is 5.32 Å². The number of ether oxygens (including phenoxy) is 1. The number of rotatable bonds is 3. The summed E-state index contributed by atoms with van der Waals surface area (Å²) in [4.78, 5) is 23.4. The monoisotopic (exact) mass is 202 g/mol. The Balaban J connectivity index is 2.40. The van der Waals surface area contributed by atoms with Crippen LogP contribution in [0.5, 0.6) is 0 Å². The lowest BCUT2D eigenvalue weighted by Crippen LogP contribution is -2.49. The fourth-order valence-corrected chi connectivity index (χ4v) is 1.28. The van der Waals surface area contributed by atoms with E-state index in [1.807, 2.05) is 0 Å². The summed E-state index contributed by atoms with van der Waals surface area (Å²) in [5.41, 5.74) is 0. The highest BCUT2D eigenvalue weighted by molar-refractivity contribution is 5.78. The molecule has 1 saturated heterocycles. The molecule has 1 atom stereocenters. The summed E-state index contributed by atoms with van der Waals surface area (Å²) in [6, 6.07) is 0. The molecule has 14 heavy (non-hydrogen) atoms. The first-order valence-electron chi connectivity index (χ1n) is 4.41. The second-order valence-electron chi connectivity index (χ2n) is 3.11. The van der Waals surface area contributed by atoms with Crippen molar-refractivity contribution in [1.82, 2.24) is 10.2 Å². The molecule has 0 aliphatic carbocycles. The van der Waals surface area contributed by atoms with E-state index < -0.39 is 12.1 Å². The van der Waals surface area contributed by atoms with Crippen molar-refractivity contribution in [3.05, 3.63) is 0 Å². The topological polar surface area (TPSA) is 78.9 Å². The van der Waals surface area contributed by atoms with Gasteiger partial charge in [-0.2, -0.15) is 0 Å². The predicted molar refractivity (Wildman–Crippen MR) is 47.9 cm³/mol. The largest absolute Gasteiger partial charge is 0.479 e. The Kier molecular flexibility index (Phi) is 3.84. The molecule has 1 rings (SSSR count). The highest BCUT2D eigenvalue weighted by Crippen LogP contribution is 2.04. The van der Waals surface area contributed by atoms with Crippen molar-refractivity contribution in [2.45, 2.75) is 6.10 Å². The van der Waals surface area contributed by atoms with Gasteiger partial charge in [-0.1, -0.05) is 0 Å². The Morgan fingerprint density at radius 3 is 2.93 bits per heavy atom. The van der Waals surface area contributed by atoms with E-state index >= 15 is 0 Å². The van der Waals surface area contributed by atoms with E-state index in [-0.39, 0.29) is 19.0 Å². The molecule has 6 heteroatoms. The summed E-state index contributed by atoms with van der Waals surface area (Å²) in [6.07, 6.45) is -0.812. The standard InChI is InChI=1S/C8H14N2O4/c1-9-7(11)5-10-2-3-14-6(4-10)8(12)13/h6H,2-5H2,1H3,(H,9,11)(H,12,13). The van der Waals surface area contributed by atoms with Gasteiger partial charge >= 0.3 is 5.97 Å². The molecular formula is C8H14N2O4. The minimum atomic E-state index is -0.980. The number of likely N-dealkylation sites (N-methyl/N-ethyl adjacent to an activating group) is 1. The van der Waals surface area contributed by atoms with Gasteiger partial charge in [-0.25, -0.2) is 4.79 Å². The summed E-state index contributed by atoms with van der Waals surface area (Å²) in [7, 11) is 1.55. The summed E-state index contributed by atoms with van der Waals surface area (Å²) < 4.78 is 5.01. The third kappa shape index (κ3) is 2.97. The molecule has 1 unspecified atom stereocenters. The van der Waals surface area contributed by atoms with E-state index in [0.717, 1.165) is 0 Å². The summed E-state index contributed by atoms with van der Waals surface area (Å²) in [5.74, 6) is -1.09. The fraction of sp³-hybridized carbons (Fsp3) is 0.750. The van der Waals surface area contributed by atoms with Crippen LogP contribution in [-0.2, 0) is 14.3 Å². The molecule has 6 nitrogen and oxygen atoms in total. The lowest BCUT2D eigenvalue weighted by atomic mass is 10.2. The number of amides is 1. The molecule has 1 aliphatic rings. The first-order valence-corrected chi connectivity index (χ1v) is 4.41. The van der Waals surface area contributed by atoms with E-state index in [0.29, 0.717) is 13.2 Å². The number of nitrogens with zero attached hydrogens (tertiary/aromatic N) is 1. The van der Waals surface area contributed by atoms with Crippen LogP contribution >= 0.6 is 0 Å². The Labute approximate surface area is 81.8 Å². The zero-order chi connectivity index (χ0) is 10.6. The van der Waals surface area contributed by atoms with Crippen LogP contribution in [0.3, 0.4) is 0 Å². The van der Waals surface area contributed by atoms with Crippen molar-refractivity contribution in [3.63, 3.8) is 0 Å². The number of carboxylic acid groups (broad SMARTS) is 1. The number of aliphatic carboxylic acids is 1. The molecule has 1 aliphatic heterocycles. The maximum Gasteiger partial charge on any atom is 0.334 e. The zero-order valence-electron chi connectivity index (χ0n) is 8.02. The van der Waals surface area contributed by atoms with Crippen molar-refractivity contribution in [1.29, 1.82) is 0 Å². The van der Waals surface area contributed by atoms with E-state index in [1.165, 1.54) is 0 Å². The fourth-order valence-electron chi connectivity index (χ4n) is 1.28. The maximum atomic E-state index is 11.0. The average molecular weight is 202 g/mol. The van der Waals surface area contributed by atoms with Crippen molar-refractivity contribution in [2.75, 3.05) is 33.3 Å². The smallest absolute Gasteiger partial charge is 0.334 e. The summed E-state index contributed by atoms with van der Waals surface area (Å²) in [5, 5.41) is 11.2. The second-order valence-corrected chi connectivity index (χ2v) is 3.11. The van der Waals surface area contributed by atoms with Gasteiger partial charge in [-0.15, -0.1) is 0 Å². The van der Waals surface area contributed by atoms with Gasteiger partial charge in [0.1, 0.15) is 0 Å². The van der Waals surface area contributed by atoms with Gasteiger partial charge < -0.3 is 15.2 Å². The molecular weight excluding hydrogens is 188 g/mol. The normalized spacial score (nSPS) is 23.1. The maximum absolute atomic E-state index is 11.0. The van der Waals surface area contributed by atoms with Gasteiger partial charge in [0.2, 0.25) is 5.91 Å². The number of carbonyl (C=O) groups excluding carboxylic acids is 1. The highest BCUT2D eigenvalue weighted by Gasteiger charge is 2.26. The molecule has 1 amide bonds. The van der Waals surface area contributed by atoms with Crippen LogP contribution in [0.15, 0.2) is 0 Å². The molecule has 80 valence electrons. The third-order valence-electron chi connectivity index (χ3n) is 2.07. The van der Waals surface area contributed by atoms with Crippen molar-refractivity contribution < 1.29 is 19.4 Å². The van der Waals surface area contributed by atoms with Gasteiger partial charge in [0.05, 0.1) is 13.2 Å². The Bertz CT molecular complexity index is 231. The molecule has 0 bridgehead atoms. The predicted octanol–water partition coefficient (Wildman–Crippen LogP) is -1.48. The number of hydrogen-bond acceptors (Lipinski definition) is 4. The van der Waals surface area contributed by atoms with Gasteiger partial charge in [0, 0.05) is 20.1 Å². The first kappa shape index (κ1) is 10.9. The number of morpholine rings is 1. The average Bonchev–Trinajstić information content (AvgIpc) is 2.18. The first-order chi connectivity index (χ1) is 6.63. The van der Waals surface area contributed by atoms with Crippen LogP contribution in [0.25, 0.3) is 0 Å². The lowest BCUT2D eigenvalue weighted by Gasteiger charge is -2.29. The second kappa shape index (κ2) is 4.92. The van der Waals surface area contributed by atoms with E-state index in [1.54, 1.807) is 11.9 Å². The van der Waals surface area contributed by atoms with Gasteiger partial charge in [0.25, 0.3) is 0 Å². The van der Waals surface area contributed by atoms with Crippen LogP contribution in [0, 0.1) is 0 Å². The molecule has 0 saturated carbocycles. The third-order valence-corrected chi connectivity index (χ3v) is 2.07. The highest BCUT2D eigenvalue weighted by atomic mass is 16.5. The number of hydrogen-bond donors (Lipinski definition) is 2. The van der Waals surface area contributed by atoms with Crippen molar-refractivity contribution in [3.8, 4) is 0 Å². The Morgan fingerprint density at radius 2 is 2.36 bits per heavy atom. The number of carboxylic acids is 1. The molecule has 0 aromatic rings. The Hall–Kier alpha value is -1.14. The van der Waals surface area contributed by atoms with E-state index in [4.69, 9.17) is 9.84 Å². The van der Waals surface area contributed by atoms with Crippen LogP contribution in [-0.4, -0.2) is 61.3 Å². The van der Waals surface area contributed by atoms with Crippen molar-refractivity contribution >= 4 is 11.9 Å². The lowest BCUT2D eigenvalue weighted by molar-refractivity contribution is -0.156. The molecule has 1 heterocycles. The molecule has 2 N–H and O–H groups in total. The van der Waals surface area contributed by atoms with Crippen LogP contribution in [0.1, 0.15) is 0 Å². The minimum absolute atomic E-state index is 0.115. The molecule has 0 spiro atoms. The van der Waals surface area contributed by atoms with Crippen LogP contribution < -0.4 is 5.32 Å². The van der Waals surface area contributed by atoms with Gasteiger partial charge in [-0.3, -0.25) is 9.69 Å². The molecule has 1 fully saturated rings. The SMILES string of the molecule is CNC(=O)CN1CCOC(C(=O)O)C1. The molecule has 0 radical (unpaired) electrons. The number of nitrogens with one attached hydrogen (secondary N) is 1. The minimum Gasteiger partial charge on any atom is -0.479 e. The summed E-state index contributed by atoms with van der Waals surface area (Å²) in [6.45, 7) is 1.44. The van der Waals surface area contributed by atoms with E-state index in [9.17, 15) is 9.59 Å². The Morgan fingerprint density at radius 1 is 1.64 bits per heavy atom. The quantitative estimate of drug-likeness (QED) is 0.583.